The zero-order valence-corrected chi connectivity index (χ0v) is 22.5. The fourth-order valence-corrected chi connectivity index (χ4v) is 6.68. The van der Waals surface area contributed by atoms with Crippen LogP contribution >= 0.6 is 22.7 Å². The van der Waals surface area contributed by atoms with Gasteiger partial charge in [0.2, 0.25) is 5.78 Å². The van der Waals surface area contributed by atoms with Crippen molar-refractivity contribution in [2.45, 2.75) is 33.7 Å². The van der Waals surface area contributed by atoms with Crippen molar-refractivity contribution in [2.75, 3.05) is 11.5 Å². The van der Waals surface area contributed by atoms with Crippen LogP contribution in [0.3, 0.4) is 0 Å². The molecule has 2 aromatic carbocycles. The van der Waals surface area contributed by atoms with Gasteiger partial charge in [-0.05, 0) is 51.0 Å². The number of thiazole rings is 2. The second-order valence-electron chi connectivity index (χ2n) is 8.88. The van der Waals surface area contributed by atoms with E-state index < -0.39 is 23.5 Å². The number of aromatic nitrogens is 2. The Morgan fingerprint density at radius 3 is 2.62 bits per heavy atom. The van der Waals surface area contributed by atoms with Gasteiger partial charge >= 0.3 is 0 Å². The lowest BCUT2D eigenvalue weighted by atomic mass is 9.94. The first-order valence-electron chi connectivity index (χ1n) is 11.7. The topological polar surface area (TPSA) is 92.6 Å². The van der Waals surface area contributed by atoms with E-state index >= 15 is 0 Å². The lowest BCUT2D eigenvalue weighted by Crippen LogP contribution is -2.31. The number of benzene rings is 2. The maximum absolute atomic E-state index is 13.9. The number of hydrogen-bond donors (Lipinski definition) is 1. The highest BCUT2D eigenvalue weighted by Crippen LogP contribution is 2.47. The predicted octanol–water partition coefficient (Wildman–Crippen LogP) is 6.33. The number of aliphatic hydroxyl groups excluding tert-OH is 1. The number of Topliss-reactive ketones (excluding diaryl/α,β-unsaturated/α-hetero) is 1. The third-order valence-corrected chi connectivity index (χ3v) is 8.23. The molecule has 0 bridgehead atoms. The van der Waals surface area contributed by atoms with Crippen LogP contribution in [0.15, 0.2) is 60.4 Å². The molecule has 1 aliphatic rings. The van der Waals surface area contributed by atoms with Gasteiger partial charge in [0.1, 0.15) is 18.4 Å². The van der Waals surface area contributed by atoms with E-state index in [-0.39, 0.29) is 12.2 Å². The molecule has 2 aromatic heterocycles. The third kappa shape index (κ3) is 4.24. The van der Waals surface area contributed by atoms with Crippen LogP contribution in [-0.2, 0) is 4.79 Å². The first-order chi connectivity index (χ1) is 17.7. The number of fused-ring (bicyclic) bond motifs is 1. The normalized spacial score (nSPS) is 15.6. The largest absolute Gasteiger partial charge is 0.503 e. The highest BCUT2D eigenvalue weighted by Gasteiger charge is 2.47. The summed E-state index contributed by atoms with van der Waals surface area (Å²) in [6.45, 7) is 11.5. The van der Waals surface area contributed by atoms with E-state index in [2.05, 4.69) is 11.6 Å². The highest BCUT2D eigenvalue weighted by atomic mass is 32.1. The molecule has 1 amide bonds. The van der Waals surface area contributed by atoms with E-state index in [0.717, 1.165) is 26.4 Å². The van der Waals surface area contributed by atoms with Crippen molar-refractivity contribution < 1.29 is 19.4 Å². The Hall–Kier alpha value is -3.82. The molecule has 4 aromatic rings. The van der Waals surface area contributed by atoms with Crippen molar-refractivity contribution in [1.29, 1.82) is 0 Å². The molecule has 188 valence electrons. The molecule has 1 atom stereocenters. The van der Waals surface area contributed by atoms with Gasteiger partial charge in [-0.2, -0.15) is 0 Å². The maximum atomic E-state index is 13.9. The lowest BCUT2D eigenvalue weighted by molar-refractivity contribution is -0.117. The Bertz CT molecular complexity index is 1610. The Balaban J connectivity index is 1.73. The van der Waals surface area contributed by atoms with E-state index in [9.17, 15) is 14.7 Å². The molecule has 7 nitrogen and oxygen atoms in total. The van der Waals surface area contributed by atoms with Gasteiger partial charge < -0.3 is 9.84 Å². The number of aliphatic hydroxyl groups is 1. The second kappa shape index (κ2) is 9.57. The number of carbonyl (C=O) groups is 2. The van der Waals surface area contributed by atoms with E-state index in [1.54, 1.807) is 25.1 Å². The minimum absolute atomic E-state index is 0.0152. The standard InChI is InChI=1S/C28H25N3O4S2/c1-6-11-35-19-10-8-7-9-18(19)23-21(24(32)26-16(4)29-17(5)36-26)25(33)27(34)31(23)28-30-22-15(3)12-14(2)13-20(22)37-28/h6-10,12-13,23,33H,1,11H2,2-5H3. The van der Waals surface area contributed by atoms with Crippen molar-refractivity contribution in [3.63, 3.8) is 0 Å². The minimum Gasteiger partial charge on any atom is -0.503 e. The fourth-order valence-electron chi connectivity index (χ4n) is 4.64. The monoisotopic (exact) mass is 531 g/mol. The van der Waals surface area contributed by atoms with Crippen LogP contribution < -0.4 is 9.64 Å². The van der Waals surface area contributed by atoms with Gasteiger partial charge in [-0.25, -0.2) is 9.97 Å². The Morgan fingerprint density at radius 2 is 1.92 bits per heavy atom. The van der Waals surface area contributed by atoms with Gasteiger partial charge in [-0.1, -0.05) is 48.3 Å². The molecule has 1 unspecified atom stereocenters. The number of anilines is 1. The average molecular weight is 532 g/mol. The number of aryl methyl sites for hydroxylation is 4. The van der Waals surface area contributed by atoms with Crippen molar-refractivity contribution in [1.82, 2.24) is 9.97 Å². The van der Waals surface area contributed by atoms with Crippen LogP contribution in [0.1, 0.15) is 43.1 Å². The third-order valence-electron chi connectivity index (χ3n) is 6.16. The molecule has 3 heterocycles. The summed E-state index contributed by atoms with van der Waals surface area (Å²) in [5.74, 6) is -1.23. The molecule has 0 fully saturated rings. The second-order valence-corrected chi connectivity index (χ2v) is 11.1. The zero-order chi connectivity index (χ0) is 26.4. The zero-order valence-electron chi connectivity index (χ0n) is 20.9. The van der Waals surface area contributed by atoms with Gasteiger partial charge in [0.15, 0.2) is 10.9 Å². The average Bonchev–Trinajstić information content (AvgIpc) is 3.51. The quantitative estimate of drug-likeness (QED) is 0.221. The number of hydrogen-bond acceptors (Lipinski definition) is 8. The number of carbonyl (C=O) groups excluding carboxylic acids is 2. The summed E-state index contributed by atoms with van der Waals surface area (Å²) in [7, 11) is 0. The summed E-state index contributed by atoms with van der Waals surface area (Å²) < 4.78 is 6.83. The molecule has 0 saturated carbocycles. The van der Waals surface area contributed by atoms with Crippen LogP contribution in [0.4, 0.5) is 5.13 Å². The number of amides is 1. The smallest absolute Gasteiger partial charge is 0.296 e. The molecule has 0 aliphatic carbocycles. The molecule has 37 heavy (non-hydrogen) atoms. The number of para-hydroxylation sites is 1. The van der Waals surface area contributed by atoms with Crippen molar-refractivity contribution in [2.24, 2.45) is 0 Å². The molecule has 0 saturated heterocycles. The minimum atomic E-state index is -0.940. The molecule has 1 N–H and O–H groups in total. The van der Waals surface area contributed by atoms with Gasteiger partial charge in [0, 0.05) is 5.56 Å². The maximum Gasteiger partial charge on any atom is 0.296 e. The Morgan fingerprint density at radius 1 is 1.16 bits per heavy atom. The van der Waals surface area contributed by atoms with E-state index in [0.29, 0.717) is 27.0 Å². The van der Waals surface area contributed by atoms with Gasteiger partial charge in [-0.3, -0.25) is 14.5 Å². The lowest BCUT2D eigenvalue weighted by Gasteiger charge is -2.26. The summed E-state index contributed by atoms with van der Waals surface area (Å²) in [6.07, 6.45) is 1.62. The SMILES string of the molecule is C=CCOc1ccccc1C1C(C(=O)c2sc(C)nc2C)=C(O)C(=O)N1c1nc2c(C)cc(C)cc2s1. The van der Waals surface area contributed by atoms with Crippen LogP contribution in [0.2, 0.25) is 0 Å². The first-order valence-corrected chi connectivity index (χ1v) is 13.3. The van der Waals surface area contributed by atoms with Crippen molar-refractivity contribution >= 4 is 49.7 Å². The van der Waals surface area contributed by atoms with Crippen LogP contribution in [0, 0.1) is 27.7 Å². The van der Waals surface area contributed by atoms with E-state index in [1.807, 2.05) is 45.0 Å². The van der Waals surface area contributed by atoms with Gasteiger partial charge in [0.05, 0.1) is 31.4 Å². The van der Waals surface area contributed by atoms with Crippen LogP contribution in [0.25, 0.3) is 10.2 Å². The Kier molecular flexibility index (Phi) is 6.43. The number of rotatable bonds is 7. The summed E-state index contributed by atoms with van der Waals surface area (Å²) >= 11 is 2.58. The molecule has 5 rings (SSSR count). The summed E-state index contributed by atoms with van der Waals surface area (Å²) in [5, 5.41) is 12.3. The number of ketones is 1. The molecule has 1 aliphatic heterocycles. The Labute approximate surface area is 222 Å². The predicted molar refractivity (Wildman–Crippen MR) is 147 cm³/mol. The highest BCUT2D eigenvalue weighted by molar-refractivity contribution is 7.22. The molecular weight excluding hydrogens is 506 g/mol. The molecule has 0 spiro atoms. The van der Waals surface area contributed by atoms with Gasteiger partial charge in [0.25, 0.3) is 5.91 Å². The number of ether oxygens (including phenoxy) is 1. The van der Waals surface area contributed by atoms with Crippen LogP contribution in [0.5, 0.6) is 5.75 Å². The fraction of sp³-hybridized carbons (Fsp3) is 0.214. The molecular formula is C28H25N3O4S2. The van der Waals surface area contributed by atoms with Gasteiger partial charge in [-0.15, -0.1) is 11.3 Å². The summed E-state index contributed by atoms with van der Waals surface area (Å²) in [5.41, 5.74) is 3.95. The van der Waals surface area contributed by atoms with E-state index in [1.165, 1.54) is 27.6 Å². The van der Waals surface area contributed by atoms with Crippen LogP contribution in [-0.4, -0.2) is 33.4 Å². The first kappa shape index (κ1) is 24.9. The molecule has 0 radical (unpaired) electrons. The van der Waals surface area contributed by atoms with Crippen molar-refractivity contribution in [3.05, 3.63) is 92.7 Å². The summed E-state index contributed by atoms with van der Waals surface area (Å²) in [6, 6.07) is 10.3. The van der Waals surface area contributed by atoms with Crippen molar-refractivity contribution in [3.8, 4) is 5.75 Å². The van der Waals surface area contributed by atoms with E-state index in [4.69, 9.17) is 9.72 Å². The summed E-state index contributed by atoms with van der Waals surface area (Å²) in [4.78, 5) is 38.5. The number of nitrogens with zero attached hydrogens (tertiary/aromatic N) is 3. The molecule has 9 heteroatoms.